The molecule has 0 saturated heterocycles. The Hall–Kier alpha value is -2.54. The molecule has 0 radical (unpaired) electrons. The quantitative estimate of drug-likeness (QED) is 0.261. The van der Waals surface area contributed by atoms with Gasteiger partial charge >= 0.3 is 0 Å². The number of thioether (sulfide) groups is 1. The minimum Gasteiger partial charge on any atom is -0.352 e. The van der Waals surface area contributed by atoms with Crippen molar-refractivity contribution in [1.82, 2.24) is 10.2 Å². The number of nitrogens with zero attached hydrogens (tertiary/aromatic N) is 1. The first-order valence-electron chi connectivity index (χ1n) is 12.2. The summed E-state index contributed by atoms with van der Waals surface area (Å²) in [6.45, 7) is 3.89. The minimum atomic E-state index is -0.803. The molecule has 0 fully saturated rings. The predicted molar refractivity (Wildman–Crippen MR) is 151 cm³/mol. The zero-order valence-corrected chi connectivity index (χ0v) is 23.3. The van der Waals surface area contributed by atoms with E-state index in [9.17, 15) is 14.0 Å². The van der Waals surface area contributed by atoms with E-state index in [1.807, 2.05) is 50.2 Å². The van der Waals surface area contributed by atoms with Gasteiger partial charge in [-0.15, -0.1) is 11.8 Å². The average Bonchev–Trinajstić information content (AvgIpc) is 2.88. The van der Waals surface area contributed by atoms with Crippen LogP contribution in [0.1, 0.15) is 37.0 Å². The number of halogens is 3. The van der Waals surface area contributed by atoms with Crippen molar-refractivity contribution in [1.29, 1.82) is 0 Å². The summed E-state index contributed by atoms with van der Waals surface area (Å²) in [5.41, 5.74) is 2.13. The number of carbonyl (C=O) groups is 2. The Kier molecular flexibility index (Phi) is 11.3. The zero-order chi connectivity index (χ0) is 26.8. The molecule has 0 aliphatic heterocycles. The fraction of sp³-hybridized carbons (Fsp3) is 0.310. The van der Waals surface area contributed by atoms with Gasteiger partial charge in [0.25, 0.3) is 0 Å². The maximum absolute atomic E-state index is 14.7. The van der Waals surface area contributed by atoms with Crippen LogP contribution in [0.25, 0.3) is 0 Å². The van der Waals surface area contributed by atoms with E-state index in [0.717, 1.165) is 17.5 Å². The summed E-state index contributed by atoms with van der Waals surface area (Å²) in [5, 5.41) is 4.09. The summed E-state index contributed by atoms with van der Waals surface area (Å²) in [6.07, 6.45) is 1.07. The van der Waals surface area contributed by atoms with Crippen molar-refractivity contribution in [2.45, 2.75) is 51.1 Å². The van der Waals surface area contributed by atoms with E-state index in [-0.39, 0.29) is 30.2 Å². The summed E-state index contributed by atoms with van der Waals surface area (Å²) < 4.78 is 14.7. The normalized spacial score (nSPS) is 12.6. The molecule has 3 aromatic rings. The Bertz CT molecular complexity index is 1200. The topological polar surface area (TPSA) is 49.4 Å². The van der Waals surface area contributed by atoms with Crippen LogP contribution < -0.4 is 5.32 Å². The van der Waals surface area contributed by atoms with Gasteiger partial charge in [-0.25, -0.2) is 4.39 Å². The number of rotatable bonds is 12. The van der Waals surface area contributed by atoms with Gasteiger partial charge in [0.05, 0.1) is 5.75 Å². The molecule has 0 spiro atoms. The van der Waals surface area contributed by atoms with Gasteiger partial charge in [0.1, 0.15) is 11.9 Å². The lowest BCUT2D eigenvalue weighted by molar-refractivity contribution is -0.139. The third-order valence-electron chi connectivity index (χ3n) is 6.07. The van der Waals surface area contributed by atoms with E-state index < -0.39 is 11.9 Å². The highest BCUT2D eigenvalue weighted by Gasteiger charge is 2.31. The second-order valence-electron chi connectivity index (χ2n) is 8.86. The van der Waals surface area contributed by atoms with E-state index in [2.05, 4.69) is 5.32 Å². The summed E-state index contributed by atoms with van der Waals surface area (Å²) in [6, 6.07) is 20.3. The molecule has 4 nitrogen and oxygen atoms in total. The number of carbonyl (C=O) groups excluding carboxylic acids is 2. The Morgan fingerprint density at radius 2 is 1.70 bits per heavy atom. The van der Waals surface area contributed by atoms with Crippen molar-refractivity contribution in [2.24, 2.45) is 0 Å². The number of hydrogen-bond donors (Lipinski definition) is 1. The van der Waals surface area contributed by atoms with E-state index in [0.29, 0.717) is 27.8 Å². The van der Waals surface area contributed by atoms with E-state index >= 15 is 0 Å². The molecule has 0 bridgehead atoms. The van der Waals surface area contributed by atoms with Gasteiger partial charge in [0.2, 0.25) is 11.8 Å². The number of amides is 2. The Morgan fingerprint density at radius 3 is 2.38 bits per heavy atom. The molecule has 2 amide bonds. The molecule has 0 aliphatic rings. The molecule has 0 aliphatic carbocycles. The van der Waals surface area contributed by atoms with Gasteiger partial charge in [-0.3, -0.25) is 9.59 Å². The number of benzene rings is 3. The molecule has 0 unspecified atom stereocenters. The van der Waals surface area contributed by atoms with Gasteiger partial charge in [0, 0.05) is 40.4 Å². The Labute approximate surface area is 232 Å². The fourth-order valence-electron chi connectivity index (χ4n) is 3.78. The molecular weight excluding hydrogens is 530 g/mol. The third kappa shape index (κ3) is 8.77. The molecule has 8 heteroatoms. The van der Waals surface area contributed by atoms with Gasteiger partial charge in [-0.1, -0.05) is 84.7 Å². The molecule has 1 N–H and O–H groups in total. The van der Waals surface area contributed by atoms with Crippen LogP contribution in [0.5, 0.6) is 0 Å². The van der Waals surface area contributed by atoms with Crippen molar-refractivity contribution in [3.8, 4) is 0 Å². The standard InChI is InChI=1S/C29H31Cl2FN2O2S/c1-3-20(2)33-29(36)27(15-21-9-5-4-6-10-21)34(17-22-11-7-8-12-26(22)32)28(35)19-37-18-23-13-14-24(30)16-25(23)31/h4-14,16,20,27H,3,15,17-19H2,1-2H3,(H,33,36)/t20-,27-/m1/s1. The molecule has 2 atom stereocenters. The van der Waals surface area contributed by atoms with E-state index in [1.165, 1.54) is 22.7 Å². The van der Waals surface area contributed by atoms with E-state index in [1.54, 1.807) is 30.3 Å². The highest BCUT2D eigenvalue weighted by atomic mass is 35.5. The first-order chi connectivity index (χ1) is 17.8. The molecule has 0 saturated carbocycles. The second-order valence-corrected chi connectivity index (χ2v) is 10.7. The highest BCUT2D eigenvalue weighted by molar-refractivity contribution is 7.99. The van der Waals surface area contributed by atoms with Gasteiger partial charge in [-0.2, -0.15) is 0 Å². The largest absolute Gasteiger partial charge is 0.352 e. The lowest BCUT2D eigenvalue weighted by Gasteiger charge is -2.32. The van der Waals surface area contributed by atoms with Crippen molar-refractivity contribution < 1.29 is 14.0 Å². The molecule has 37 heavy (non-hydrogen) atoms. The lowest BCUT2D eigenvalue weighted by atomic mass is 10.0. The first kappa shape index (κ1) is 29.0. The maximum Gasteiger partial charge on any atom is 0.243 e. The molecule has 3 rings (SSSR count). The van der Waals surface area contributed by atoms with Crippen LogP contribution in [-0.2, 0) is 28.3 Å². The predicted octanol–water partition coefficient (Wildman–Crippen LogP) is 6.92. The summed E-state index contributed by atoms with van der Waals surface area (Å²) in [5.74, 6) is -0.318. The zero-order valence-electron chi connectivity index (χ0n) is 20.9. The molecule has 3 aromatic carbocycles. The van der Waals surface area contributed by atoms with Crippen molar-refractivity contribution >= 4 is 46.8 Å². The summed E-state index contributed by atoms with van der Waals surface area (Å²) >= 11 is 13.7. The summed E-state index contributed by atoms with van der Waals surface area (Å²) in [4.78, 5) is 28.6. The molecule has 196 valence electrons. The highest BCUT2D eigenvalue weighted by Crippen LogP contribution is 2.25. The smallest absolute Gasteiger partial charge is 0.243 e. The lowest BCUT2D eigenvalue weighted by Crippen LogP contribution is -2.52. The van der Waals surface area contributed by atoms with Crippen molar-refractivity contribution in [3.63, 3.8) is 0 Å². The SMILES string of the molecule is CC[C@@H](C)NC(=O)[C@@H](Cc1ccccc1)N(Cc1ccccc1F)C(=O)CSCc1ccc(Cl)cc1Cl. The second kappa shape index (κ2) is 14.4. The Morgan fingerprint density at radius 1 is 1.00 bits per heavy atom. The van der Waals surface area contributed by atoms with Crippen LogP contribution in [0.4, 0.5) is 4.39 Å². The van der Waals surface area contributed by atoms with Crippen LogP contribution in [0, 0.1) is 5.82 Å². The van der Waals surface area contributed by atoms with Gasteiger partial charge in [-0.05, 0) is 42.7 Å². The van der Waals surface area contributed by atoms with Crippen LogP contribution in [0.3, 0.4) is 0 Å². The monoisotopic (exact) mass is 560 g/mol. The average molecular weight is 562 g/mol. The molecule has 0 aromatic heterocycles. The molecule has 0 heterocycles. The third-order valence-corrected chi connectivity index (χ3v) is 7.62. The number of nitrogens with one attached hydrogen (secondary N) is 1. The summed E-state index contributed by atoms with van der Waals surface area (Å²) in [7, 11) is 0. The fourth-order valence-corrected chi connectivity index (χ4v) is 5.24. The number of hydrogen-bond acceptors (Lipinski definition) is 3. The van der Waals surface area contributed by atoms with Crippen LogP contribution in [0.2, 0.25) is 10.0 Å². The first-order valence-corrected chi connectivity index (χ1v) is 14.1. The van der Waals surface area contributed by atoms with Gasteiger partial charge in [0.15, 0.2) is 0 Å². The van der Waals surface area contributed by atoms with Gasteiger partial charge < -0.3 is 10.2 Å². The van der Waals surface area contributed by atoms with Crippen molar-refractivity contribution in [2.75, 3.05) is 5.75 Å². The Balaban J connectivity index is 1.87. The van der Waals surface area contributed by atoms with Crippen LogP contribution in [0.15, 0.2) is 72.8 Å². The minimum absolute atomic E-state index is 0.0147. The van der Waals surface area contributed by atoms with E-state index in [4.69, 9.17) is 23.2 Å². The molecular formula is C29H31Cl2FN2O2S. The van der Waals surface area contributed by atoms with Crippen molar-refractivity contribution in [3.05, 3.63) is 105 Å². The van der Waals surface area contributed by atoms with Crippen LogP contribution in [-0.4, -0.2) is 34.6 Å². The maximum atomic E-state index is 14.7. The van der Waals surface area contributed by atoms with Crippen LogP contribution >= 0.6 is 35.0 Å².